The Morgan fingerprint density at radius 2 is 2.00 bits per heavy atom. The summed E-state index contributed by atoms with van der Waals surface area (Å²) in [5.74, 6) is 0.0795. The monoisotopic (exact) mass is 287 g/mol. The van der Waals surface area contributed by atoms with Gasteiger partial charge in [-0.15, -0.1) is 0 Å². The minimum atomic E-state index is -4.48. The predicted molar refractivity (Wildman–Crippen MR) is 63.7 cm³/mol. The maximum Gasteiger partial charge on any atom is 0.417 e. The number of benzene rings is 1. The molecule has 100 valence electrons. The van der Waals surface area contributed by atoms with Gasteiger partial charge in [-0.1, -0.05) is 11.6 Å². The normalized spacial score (nSPS) is 15.8. The quantitative estimate of drug-likeness (QED) is 0.837. The van der Waals surface area contributed by atoms with Gasteiger partial charge in [-0.3, -0.25) is 0 Å². The van der Waals surface area contributed by atoms with E-state index in [0.29, 0.717) is 0 Å². The van der Waals surface area contributed by atoms with E-state index in [1.54, 1.807) is 4.68 Å². The molecular formula is C12H9ClF3N3. The Labute approximate surface area is 112 Å². The van der Waals surface area contributed by atoms with Gasteiger partial charge in [0.1, 0.15) is 6.33 Å². The third-order valence-corrected chi connectivity index (χ3v) is 3.19. The van der Waals surface area contributed by atoms with Crippen molar-refractivity contribution in [2.75, 3.05) is 0 Å². The largest absolute Gasteiger partial charge is 0.417 e. The molecule has 0 radical (unpaired) electrons. The summed E-state index contributed by atoms with van der Waals surface area (Å²) >= 11 is 5.63. The fourth-order valence-electron chi connectivity index (χ4n) is 1.86. The Morgan fingerprint density at radius 1 is 1.26 bits per heavy atom. The lowest BCUT2D eigenvalue weighted by Gasteiger charge is -2.10. The highest BCUT2D eigenvalue weighted by atomic mass is 35.5. The molecule has 0 unspecified atom stereocenters. The SMILES string of the molecule is FC(F)(F)c1cc(Cl)ccc1-c1ncn(C2CC2)n1. The average Bonchev–Trinajstić information content (AvgIpc) is 3.07. The zero-order chi connectivity index (χ0) is 13.6. The van der Waals surface area contributed by atoms with E-state index in [0.717, 1.165) is 18.9 Å². The van der Waals surface area contributed by atoms with Crippen LogP contribution >= 0.6 is 11.6 Å². The molecule has 0 spiro atoms. The van der Waals surface area contributed by atoms with Crippen molar-refractivity contribution in [3.05, 3.63) is 35.1 Å². The maximum absolute atomic E-state index is 13.0. The van der Waals surface area contributed by atoms with Gasteiger partial charge >= 0.3 is 6.18 Å². The highest BCUT2D eigenvalue weighted by Crippen LogP contribution is 2.38. The summed E-state index contributed by atoms with van der Waals surface area (Å²) in [6.45, 7) is 0. The molecule has 1 aromatic carbocycles. The van der Waals surface area contributed by atoms with Gasteiger partial charge in [-0.25, -0.2) is 9.67 Å². The van der Waals surface area contributed by atoms with Crippen molar-refractivity contribution in [2.45, 2.75) is 25.1 Å². The number of hydrogen-bond acceptors (Lipinski definition) is 2. The summed E-state index contributed by atoms with van der Waals surface area (Å²) in [5.41, 5.74) is -0.857. The zero-order valence-corrected chi connectivity index (χ0v) is 10.4. The average molecular weight is 288 g/mol. The molecule has 0 N–H and O–H groups in total. The second kappa shape index (κ2) is 4.23. The molecule has 1 saturated carbocycles. The van der Waals surface area contributed by atoms with Crippen molar-refractivity contribution >= 4 is 11.6 Å². The molecule has 0 saturated heterocycles. The van der Waals surface area contributed by atoms with Crippen LogP contribution in [0.5, 0.6) is 0 Å². The minimum absolute atomic E-state index is 0.0395. The van der Waals surface area contributed by atoms with Crippen molar-refractivity contribution < 1.29 is 13.2 Å². The van der Waals surface area contributed by atoms with Crippen LogP contribution < -0.4 is 0 Å². The molecule has 0 aliphatic heterocycles. The minimum Gasteiger partial charge on any atom is -0.249 e. The van der Waals surface area contributed by atoms with Gasteiger partial charge < -0.3 is 0 Å². The Kier molecular flexibility index (Phi) is 2.78. The second-order valence-electron chi connectivity index (χ2n) is 4.47. The van der Waals surface area contributed by atoms with Crippen molar-refractivity contribution in [3.8, 4) is 11.4 Å². The Bertz CT molecular complexity index is 617. The van der Waals surface area contributed by atoms with Crippen LogP contribution in [0.2, 0.25) is 5.02 Å². The molecule has 1 aliphatic carbocycles. The van der Waals surface area contributed by atoms with Gasteiger partial charge in [0.2, 0.25) is 0 Å². The summed E-state index contributed by atoms with van der Waals surface area (Å²) < 4.78 is 40.5. The van der Waals surface area contributed by atoms with Crippen LogP contribution in [-0.4, -0.2) is 14.8 Å². The smallest absolute Gasteiger partial charge is 0.249 e. The predicted octanol–water partition coefficient (Wildman–Crippen LogP) is 3.95. The van der Waals surface area contributed by atoms with Crippen LogP contribution in [0.4, 0.5) is 13.2 Å². The third kappa shape index (κ3) is 2.45. The van der Waals surface area contributed by atoms with Gasteiger partial charge in [0.25, 0.3) is 0 Å². The van der Waals surface area contributed by atoms with Crippen LogP contribution in [-0.2, 0) is 6.18 Å². The lowest BCUT2D eigenvalue weighted by molar-refractivity contribution is -0.137. The molecule has 19 heavy (non-hydrogen) atoms. The Hall–Kier alpha value is -1.56. The molecule has 1 heterocycles. The lowest BCUT2D eigenvalue weighted by atomic mass is 10.1. The molecule has 1 aliphatic rings. The van der Waals surface area contributed by atoms with Crippen LogP contribution in [0.1, 0.15) is 24.4 Å². The van der Waals surface area contributed by atoms with E-state index < -0.39 is 11.7 Å². The first kappa shape index (κ1) is 12.5. The molecule has 0 bridgehead atoms. The molecule has 3 rings (SSSR count). The van der Waals surface area contributed by atoms with Crippen molar-refractivity contribution in [2.24, 2.45) is 0 Å². The third-order valence-electron chi connectivity index (χ3n) is 2.96. The molecule has 2 aromatic rings. The Balaban J connectivity index is 2.07. The zero-order valence-electron chi connectivity index (χ0n) is 9.65. The van der Waals surface area contributed by atoms with E-state index >= 15 is 0 Å². The fourth-order valence-corrected chi connectivity index (χ4v) is 2.03. The Morgan fingerprint density at radius 3 is 2.63 bits per heavy atom. The second-order valence-corrected chi connectivity index (χ2v) is 4.90. The maximum atomic E-state index is 13.0. The molecule has 0 atom stereocenters. The molecule has 1 fully saturated rings. The fraction of sp³-hybridized carbons (Fsp3) is 0.333. The number of alkyl halides is 3. The van der Waals surface area contributed by atoms with Crippen molar-refractivity contribution in [1.82, 2.24) is 14.8 Å². The molecule has 7 heteroatoms. The first-order valence-corrected chi connectivity index (χ1v) is 6.11. The van der Waals surface area contributed by atoms with E-state index in [4.69, 9.17) is 11.6 Å². The summed E-state index contributed by atoms with van der Waals surface area (Å²) in [5, 5.41) is 4.15. The molecule has 0 amide bonds. The highest BCUT2D eigenvalue weighted by Gasteiger charge is 2.35. The standard InChI is InChI=1S/C12H9ClF3N3/c13-7-1-4-9(10(5-7)12(14,15)16)11-17-6-19(18-11)8-2-3-8/h1,4-6,8H,2-3H2. The number of halogens is 4. The topological polar surface area (TPSA) is 30.7 Å². The van der Waals surface area contributed by atoms with Gasteiger partial charge in [-0.2, -0.15) is 18.3 Å². The van der Waals surface area contributed by atoms with Crippen LogP contribution in [0.3, 0.4) is 0 Å². The van der Waals surface area contributed by atoms with Crippen LogP contribution in [0.15, 0.2) is 24.5 Å². The summed E-state index contributed by atoms with van der Waals surface area (Å²) in [6, 6.07) is 3.89. The van der Waals surface area contributed by atoms with Crippen LogP contribution in [0.25, 0.3) is 11.4 Å². The summed E-state index contributed by atoms with van der Waals surface area (Å²) in [7, 11) is 0. The summed E-state index contributed by atoms with van der Waals surface area (Å²) in [4.78, 5) is 3.96. The van der Waals surface area contributed by atoms with E-state index in [2.05, 4.69) is 10.1 Å². The molecular weight excluding hydrogens is 279 g/mol. The summed E-state index contributed by atoms with van der Waals surface area (Å²) in [6.07, 6.45) is -1.02. The van der Waals surface area contributed by atoms with Crippen molar-refractivity contribution in [3.63, 3.8) is 0 Å². The van der Waals surface area contributed by atoms with E-state index in [1.807, 2.05) is 0 Å². The highest BCUT2D eigenvalue weighted by molar-refractivity contribution is 6.30. The first-order chi connectivity index (χ1) is 8.95. The number of hydrogen-bond donors (Lipinski definition) is 0. The van der Waals surface area contributed by atoms with E-state index in [1.165, 1.54) is 18.5 Å². The van der Waals surface area contributed by atoms with Crippen molar-refractivity contribution in [1.29, 1.82) is 0 Å². The van der Waals surface area contributed by atoms with E-state index in [-0.39, 0.29) is 22.5 Å². The van der Waals surface area contributed by atoms with Gasteiger partial charge in [0, 0.05) is 10.6 Å². The number of aromatic nitrogens is 3. The van der Waals surface area contributed by atoms with Gasteiger partial charge in [0.05, 0.1) is 11.6 Å². The number of nitrogens with zero attached hydrogens (tertiary/aromatic N) is 3. The van der Waals surface area contributed by atoms with Crippen LogP contribution in [0, 0.1) is 0 Å². The molecule has 3 nitrogen and oxygen atoms in total. The molecule has 1 aromatic heterocycles. The van der Waals surface area contributed by atoms with Gasteiger partial charge in [0.15, 0.2) is 5.82 Å². The lowest BCUT2D eigenvalue weighted by Crippen LogP contribution is -2.08. The van der Waals surface area contributed by atoms with Gasteiger partial charge in [-0.05, 0) is 31.0 Å². The number of rotatable bonds is 2. The van der Waals surface area contributed by atoms with E-state index in [9.17, 15) is 13.2 Å². The first-order valence-electron chi connectivity index (χ1n) is 5.73.